The molecular weight excluding hydrogens is 354 g/mol. The van der Waals surface area contributed by atoms with Gasteiger partial charge in [-0.2, -0.15) is 4.36 Å². The summed E-state index contributed by atoms with van der Waals surface area (Å²) in [5, 5.41) is 0. The van der Waals surface area contributed by atoms with E-state index in [1.54, 1.807) is 11.1 Å². The van der Waals surface area contributed by atoms with Gasteiger partial charge in [0.15, 0.2) is 0 Å². The van der Waals surface area contributed by atoms with Crippen molar-refractivity contribution in [3.63, 3.8) is 0 Å². The van der Waals surface area contributed by atoms with Crippen LogP contribution in [-0.4, -0.2) is 4.86 Å². The van der Waals surface area contributed by atoms with E-state index < -0.39 is 0 Å². The first-order chi connectivity index (χ1) is 12.9. The molecule has 0 bridgehead atoms. The summed E-state index contributed by atoms with van der Waals surface area (Å²) >= 11 is 3.44. The summed E-state index contributed by atoms with van der Waals surface area (Å²) in [5.74, 6) is 0. The molecule has 3 aromatic carbocycles. The maximum Gasteiger partial charge on any atom is 0.104 e. The first-order valence-electron chi connectivity index (χ1n) is 8.50. The molecule has 0 aliphatic carbocycles. The van der Waals surface area contributed by atoms with Crippen LogP contribution in [0.25, 0.3) is 20.9 Å². The standard InChI is InChI=1S/C23H15NS2/c1-4-10-16(11-5-1)21-19-20(23(25-21)18-14-8-3-9-15-18)24-26-22(19)17-12-6-2-7-13-17/h1-15H. The molecule has 0 unspecified atom stereocenters. The summed E-state index contributed by atoms with van der Waals surface area (Å²) in [4.78, 5) is 3.79. The van der Waals surface area contributed by atoms with Crippen molar-refractivity contribution in [3.8, 4) is 20.9 Å². The Hall–Kier alpha value is -2.75. The Bertz CT molecular complexity index is 1140. The number of nitrogens with zero attached hydrogens (tertiary/aromatic N) is 1. The molecule has 2 heterocycles. The summed E-state index contributed by atoms with van der Waals surface area (Å²) in [6, 6.07) is 31.8. The monoisotopic (exact) mass is 369 g/mol. The quantitative estimate of drug-likeness (QED) is 0.319. The molecule has 5 rings (SSSR count). The highest BCUT2D eigenvalue weighted by Crippen LogP contribution is 2.49. The van der Waals surface area contributed by atoms with E-state index in [0.717, 1.165) is 5.69 Å². The van der Waals surface area contributed by atoms with Gasteiger partial charge in [0.25, 0.3) is 0 Å². The third-order valence-electron chi connectivity index (χ3n) is 4.45. The summed E-state index contributed by atoms with van der Waals surface area (Å²) in [7, 11) is 0. The van der Waals surface area contributed by atoms with Gasteiger partial charge in [-0.3, -0.25) is 0 Å². The van der Waals surface area contributed by atoms with Crippen LogP contribution in [0.15, 0.2) is 95.4 Å². The first kappa shape index (κ1) is 15.5. The van der Waals surface area contributed by atoms with Crippen molar-refractivity contribution in [2.45, 2.75) is 0 Å². The average molecular weight is 370 g/mol. The van der Waals surface area contributed by atoms with Crippen molar-refractivity contribution in [2.75, 3.05) is 0 Å². The summed E-state index contributed by atoms with van der Waals surface area (Å²) in [5.41, 5.74) is 6.10. The van der Waals surface area contributed by atoms with Gasteiger partial charge in [0.05, 0.1) is 9.74 Å². The molecule has 1 aliphatic heterocycles. The number of benzene rings is 3. The first-order valence-corrected chi connectivity index (χ1v) is 10.1. The molecule has 0 saturated carbocycles. The van der Waals surface area contributed by atoms with Crippen LogP contribution in [0.5, 0.6) is 0 Å². The Morgan fingerprint density at radius 2 is 1.04 bits per heavy atom. The molecule has 4 aromatic rings. The molecule has 1 aliphatic rings. The van der Waals surface area contributed by atoms with E-state index >= 15 is 0 Å². The Kier molecular flexibility index (Phi) is 3.89. The lowest BCUT2D eigenvalue weighted by Crippen LogP contribution is -2.00. The van der Waals surface area contributed by atoms with Crippen LogP contribution in [0.1, 0.15) is 11.1 Å². The Morgan fingerprint density at radius 3 is 1.62 bits per heavy atom. The van der Waals surface area contributed by atoms with E-state index in [2.05, 4.69) is 91.0 Å². The van der Waals surface area contributed by atoms with Gasteiger partial charge in [-0.1, -0.05) is 91.0 Å². The molecule has 0 spiro atoms. The van der Waals surface area contributed by atoms with Crippen LogP contribution in [-0.2, 0) is 11.1 Å². The summed E-state index contributed by atoms with van der Waals surface area (Å²) < 4.78 is 4.87. The van der Waals surface area contributed by atoms with Gasteiger partial charge in [0.2, 0.25) is 0 Å². The van der Waals surface area contributed by atoms with E-state index in [-0.39, 0.29) is 0 Å². The smallest absolute Gasteiger partial charge is 0.104 e. The summed E-state index contributed by atoms with van der Waals surface area (Å²) in [6.45, 7) is 0. The zero-order valence-electron chi connectivity index (χ0n) is 13.9. The van der Waals surface area contributed by atoms with E-state index in [1.807, 2.05) is 11.3 Å². The molecule has 0 atom stereocenters. The van der Waals surface area contributed by atoms with Crippen LogP contribution in [0.4, 0.5) is 5.69 Å². The molecule has 0 fully saturated rings. The second-order valence-electron chi connectivity index (χ2n) is 6.09. The lowest BCUT2D eigenvalue weighted by Gasteiger charge is -2.05. The van der Waals surface area contributed by atoms with Gasteiger partial charge in [-0.15, -0.1) is 11.3 Å². The second-order valence-corrected chi connectivity index (χ2v) is 7.89. The number of rotatable bonds is 3. The van der Waals surface area contributed by atoms with Crippen molar-refractivity contribution in [1.29, 1.82) is 0 Å². The van der Waals surface area contributed by atoms with Crippen LogP contribution in [0.2, 0.25) is 0 Å². The average Bonchev–Trinajstić information content (AvgIpc) is 3.31. The van der Waals surface area contributed by atoms with Gasteiger partial charge in [0, 0.05) is 10.4 Å². The molecule has 0 N–H and O–H groups in total. The highest BCUT2D eigenvalue weighted by molar-refractivity contribution is 7.70. The fourth-order valence-electron chi connectivity index (χ4n) is 3.22. The fraction of sp³-hybridized carbons (Fsp3) is 0. The minimum atomic E-state index is 1.11. The zero-order valence-corrected chi connectivity index (χ0v) is 15.6. The Morgan fingerprint density at radius 1 is 0.538 bits per heavy atom. The maximum atomic E-state index is 4.87. The van der Waals surface area contributed by atoms with E-state index in [9.17, 15) is 0 Å². The lowest BCUT2D eigenvalue weighted by atomic mass is 9.99. The fourth-order valence-corrected chi connectivity index (χ4v) is 5.50. The van der Waals surface area contributed by atoms with Gasteiger partial charge in [-0.25, -0.2) is 0 Å². The molecule has 0 amide bonds. The molecule has 124 valence electrons. The molecule has 26 heavy (non-hydrogen) atoms. The van der Waals surface area contributed by atoms with Crippen molar-refractivity contribution < 1.29 is 0 Å². The molecule has 1 aromatic heterocycles. The SMILES string of the molecule is c1ccc(C2=S=Nc3c(-c4ccccc4)sc(-c4ccccc4)c32)cc1. The largest absolute Gasteiger partial charge is 0.190 e. The van der Waals surface area contributed by atoms with Crippen LogP contribution in [0.3, 0.4) is 0 Å². The van der Waals surface area contributed by atoms with Crippen molar-refractivity contribution in [3.05, 3.63) is 102 Å². The number of thiophene rings is 1. The lowest BCUT2D eigenvalue weighted by molar-refractivity contribution is 1.60. The molecule has 3 heteroatoms. The van der Waals surface area contributed by atoms with Crippen LogP contribution >= 0.6 is 11.3 Å². The highest BCUT2D eigenvalue weighted by atomic mass is 32.1. The minimum Gasteiger partial charge on any atom is -0.190 e. The maximum absolute atomic E-state index is 4.87. The van der Waals surface area contributed by atoms with Crippen molar-refractivity contribution in [2.24, 2.45) is 4.36 Å². The van der Waals surface area contributed by atoms with Crippen LogP contribution in [0, 0.1) is 0 Å². The molecule has 0 saturated heterocycles. The van der Waals surface area contributed by atoms with Crippen molar-refractivity contribution >= 4 is 33.0 Å². The third-order valence-corrected chi connectivity index (χ3v) is 6.62. The Labute approximate surface area is 160 Å². The van der Waals surface area contributed by atoms with Gasteiger partial charge in [-0.05, 0) is 27.8 Å². The highest BCUT2D eigenvalue weighted by Gasteiger charge is 2.26. The third kappa shape index (κ3) is 2.57. The number of hydrogen-bond donors (Lipinski definition) is 0. The number of hydrogen-bond acceptors (Lipinski definition) is 2. The van der Waals surface area contributed by atoms with E-state index in [1.165, 1.54) is 36.9 Å². The summed E-state index contributed by atoms with van der Waals surface area (Å²) in [6.07, 6.45) is 0. The second kappa shape index (κ2) is 6.52. The molecular formula is C23H15NS2. The van der Waals surface area contributed by atoms with Crippen LogP contribution < -0.4 is 0 Å². The van der Waals surface area contributed by atoms with E-state index in [0.29, 0.717) is 0 Å². The molecule has 0 radical (unpaired) electrons. The predicted octanol–water partition coefficient (Wildman–Crippen LogP) is 6.56. The molecule has 1 nitrogen and oxygen atoms in total. The van der Waals surface area contributed by atoms with Crippen molar-refractivity contribution in [1.82, 2.24) is 0 Å². The van der Waals surface area contributed by atoms with Gasteiger partial charge >= 0.3 is 0 Å². The van der Waals surface area contributed by atoms with E-state index in [4.69, 9.17) is 4.36 Å². The topological polar surface area (TPSA) is 12.4 Å². The normalized spacial score (nSPS) is 12.4. The number of fused-ring (bicyclic) bond motifs is 1. The zero-order chi connectivity index (χ0) is 17.3. The van der Waals surface area contributed by atoms with Gasteiger partial charge in [0.1, 0.15) is 5.69 Å². The van der Waals surface area contributed by atoms with Gasteiger partial charge < -0.3 is 0 Å². The predicted molar refractivity (Wildman–Crippen MR) is 114 cm³/mol. The Balaban J connectivity index is 1.76. The minimum absolute atomic E-state index is 1.11.